The van der Waals surface area contributed by atoms with Gasteiger partial charge >= 0.3 is 0 Å². The minimum Gasteiger partial charge on any atom is -0.311 e. The maximum atomic E-state index is 2.43. The molecule has 0 fully saturated rings. The second-order valence-electron chi connectivity index (χ2n) is 14.9. The van der Waals surface area contributed by atoms with Crippen LogP contribution >= 0.6 is 11.3 Å². The van der Waals surface area contributed by atoms with E-state index in [1.54, 1.807) is 0 Å². The molecule has 4 heteroatoms. The van der Waals surface area contributed by atoms with E-state index in [4.69, 9.17) is 0 Å². The van der Waals surface area contributed by atoms with Crippen LogP contribution in [0, 0.1) is 0 Å². The van der Waals surface area contributed by atoms with Crippen LogP contribution in [-0.2, 0) is 0 Å². The topological polar surface area (TPSA) is 13.1 Å². The summed E-state index contributed by atoms with van der Waals surface area (Å²) in [5.74, 6) is 0. The van der Waals surface area contributed by atoms with Crippen LogP contribution in [0.1, 0.15) is 0 Å². The molecule has 12 aromatic rings. The second-order valence-corrected chi connectivity index (χ2v) is 16.0. The molecule has 0 saturated heterocycles. The summed E-state index contributed by atoms with van der Waals surface area (Å²) in [6, 6.07) is 77.2. The van der Waals surface area contributed by atoms with Gasteiger partial charge in [0, 0.05) is 70.2 Å². The highest BCUT2D eigenvalue weighted by Gasteiger charge is 2.20. The molecule has 0 spiro atoms. The number of thiophene rings is 1. The molecule has 0 aliphatic rings. The first-order valence-electron chi connectivity index (χ1n) is 19.8. The van der Waals surface area contributed by atoms with E-state index in [9.17, 15) is 0 Å². The Hall–Kier alpha value is -7.40. The van der Waals surface area contributed by atoms with Crippen molar-refractivity contribution in [3.8, 4) is 22.5 Å². The largest absolute Gasteiger partial charge is 0.311 e. The normalized spacial score (nSPS) is 11.8. The minimum absolute atomic E-state index is 1.10. The molecule has 58 heavy (non-hydrogen) atoms. The molecule has 0 amide bonds. The summed E-state index contributed by atoms with van der Waals surface area (Å²) in [7, 11) is 0. The molecular weight excluding hydrogens is 723 g/mol. The van der Waals surface area contributed by atoms with Crippen molar-refractivity contribution in [2.24, 2.45) is 0 Å². The van der Waals surface area contributed by atoms with Crippen molar-refractivity contribution in [1.82, 2.24) is 9.13 Å². The van der Waals surface area contributed by atoms with Crippen LogP contribution in [0.3, 0.4) is 0 Å². The Morgan fingerprint density at radius 3 is 1.45 bits per heavy atom. The van der Waals surface area contributed by atoms with Crippen molar-refractivity contribution < 1.29 is 0 Å². The quantitative estimate of drug-likeness (QED) is 0.165. The number of rotatable bonds is 6. The van der Waals surface area contributed by atoms with Crippen LogP contribution in [0.4, 0.5) is 17.1 Å². The van der Waals surface area contributed by atoms with Gasteiger partial charge < -0.3 is 14.0 Å². The third-order valence-electron chi connectivity index (χ3n) is 11.7. The van der Waals surface area contributed by atoms with Crippen molar-refractivity contribution in [2.75, 3.05) is 4.90 Å². The lowest BCUT2D eigenvalue weighted by Crippen LogP contribution is -2.10. The summed E-state index contributed by atoms with van der Waals surface area (Å²) in [6.07, 6.45) is 0. The summed E-state index contributed by atoms with van der Waals surface area (Å²) in [6.45, 7) is 0. The van der Waals surface area contributed by atoms with Gasteiger partial charge in [0.2, 0.25) is 0 Å². The van der Waals surface area contributed by atoms with E-state index in [1.807, 2.05) is 11.3 Å². The van der Waals surface area contributed by atoms with Crippen LogP contribution in [0.25, 0.3) is 86.3 Å². The predicted octanol–water partition coefficient (Wildman–Crippen LogP) is 15.4. The first kappa shape index (κ1) is 32.8. The number of fused-ring (bicyclic) bond motifs is 9. The molecule has 0 atom stereocenters. The third-order valence-corrected chi connectivity index (χ3v) is 12.9. The van der Waals surface area contributed by atoms with Gasteiger partial charge in [0.05, 0.1) is 22.1 Å². The molecule has 0 N–H and O–H groups in total. The fourth-order valence-electron chi connectivity index (χ4n) is 9.10. The fraction of sp³-hybridized carbons (Fsp3) is 0. The Morgan fingerprint density at radius 1 is 0.328 bits per heavy atom. The Labute approximate surface area is 339 Å². The first-order chi connectivity index (χ1) is 28.8. The molecule has 0 aliphatic heterocycles. The maximum absolute atomic E-state index is 2.43. The van der Waals surface area contributed by atoms with Gasteiger partial charge in [-0.15, -0.1) is 11.3 Å². The molecule has 12 rings (SSSR count). The van der Waals surface area contributed by atoms with E-state index >= 15 is 0 Å². The summed E-state index contributed by atoms with van der Waals surface area (Å²) in [5.41, 5.74) is 12.9. The van der Waals surface area contributed by atoms with Gasteiger partial charge in [0.1, 0.15) is 0 Å². The van der Waals surface area contributed by atoms with Crippen LogP contribution in [0.15, 0.2) is 212 Å². The van der Waals surface area contributed by atoms with Gasteiger partial charge in [-0.1, -0.05) is 121 Å². The zero-order valence-corrected chi connectivity index (χ0v) is 32.3. The van der Waals surface area contributed by atoms with Crippen molar-refractivity contribution in [1.29, 1.82) is 0 Å². The molecule has 0 radical (unpaired) electrons. The molecule has 0 unspecified atom stereocenters. The van der Waals surface area contributed by atoms with Gasteiger partial charge in [-0.2, -0.15) is 0 Å². The minimum atomic E-state index is 1.10. The molecule has 9 aromatic carbocycles. The van der Waals surface area contributed by atoms with Crippen LogP contribution in [0.5, 0.6) is 0 Å². The number of anilines is 3. The highest BCUT2D eigenvalue weighted by Crippen LogP contribution is 2.43. The van der Waals surface area contributed by atoms with Gasteiger partial charge in [-0.3, -0.25) is 0 Å². The molecule has 0 saturated carbocycles. The Kier molecular flexibility index (Phi) is 7.40. The van der Waals surface area contributed by atoms with Crippen LogP contribution < -0.4 is 4.90 Å². The predicted molar refractivity (Wildman–Crippen MR) is 248 cm³/mol. The van der Waals surface area contributed by atoms with E-state index in [0.29, 0.717) is 0 Å². The van der Waals surface area contributed by atoms with E-state index in [1.165, 1.54) is 80.6 Å². The summed E-state index contributed by atoms with van der Waals surface area (Å²) in [4.78, 5) is 2.35. The summed E-state index contributed by atoms with van der Waals surface area (Å²) >= 11 is 1.88. The van der Waals surface area contributed by atoms with Gasteiger partial charge in [0.15, 0.2) is 0 Å². The number of benzene rings is 9. The average molecular weight is 758 g/mol. The highest BCUT2D eigenvalue weighted by molar-refractivity contribution is 7.26. The van der Waals surface area contributed by atoms with Crippen molar-refractivity contribution in [2.45, 2.75) is 0 Å². The Bertz CT molecular complexity index is 3480. The Balaban J connectivity index is 0.981. The van der Waals surface area contributed by atoms with Crippen LogP contribution in [-0.4, -0.2) is 9.13 Å². The van der Waals surface area contributed by atoms with E-state index in [2.05, 4.69) is 226 Å². The molecule has 3 aromatic heterocycles. The van der Waals surface area contributed by atoms with E-state index in [-0.39, 0.29) is 0 Å². The smallest absolute Gasteiger partial charge is 0.0548 e. The average Bonchev–Trinajstić information content (AvgIpc) is 3.94. The first-order valence-corrected chi connectivity index (χ1v) is 20.6. The molecule has 0 aliphatic carbocycles. The van der Waals surface area contributed by atoms with Crippen molar-refractivity contribution >= 4 is 92.2 Å². The number of nitrogens with zero attached hydrogens (tertiary/aromatic N) is 3. The molecule has 3 heterocycles. The second kappa shape index (κ2) is 13.1. The fourth-order valence-corrected chi connectivity index (χ4v) is 10.3. The molecule has 3 nitrogen and oxygen atoms in total. The van der Waals surface area contributed by atoms with E-state index < -0.39 is 0 Å². The zero-order chi connectivity index (χ0) is 38.2. The lowest BCUT2D eigenvalue weighted by atomic mass is 10.0. The van der Waals surface area contributed by atoms with Crippen molar-refractivity contribution in [3.05, 3.63) is 212 Å². The van der Waals surface area contributed by atoms with Gasteiger partial charge in [-0.05, 0) is 102 Å². The number of para-hydroxylation sites is 4. The summed E-state index contributed by atoms with van der Waals surface area (Å²) < 4.78 is 7.49. The maximum Gasteiger partial charge on any atom is 0.0548 e. The van der Waals surface area contributed by atoms with Crippen LogP contribution in [0.2, 0.25) is 0 Å². The Morgan fingerprint density at radius 2 is 0.810 bits per heavy atom. The number of hydrogen-bond donors (Lipinski definition) is 0. The van der Waals surface area contributed by atoms with Gasteiger partial charge in [0.25, 0.3) is 0 Å². The third kappa shape index (κ3) is 5.05. The van der Waals surface area contributed by atoms with Gasteiger partial charge in [-0.25, -0.2) is 0 Å². The standard InChI is InChI=1S/C54H35N3S/c1-3-14-37(15-4-1)55(39-28-26-36(27-29-39)42-21-13-22-46-45-20-9-12-25-53(45)58-54(42)46)40-30-32-41(33-31-40)57-50-24-11-8-19-44(50)48-34-51-47(35-52(48)57)43-18-7-10-23-49(43)56(51)38-16-5-2-6-17-38/h1-35H. The molecule has 272 valence electrons. The molecular formula is C54H35N3S. The lowest BCUT2D eigenvalue weighted by Gasteiger charge is -2.26. The molecule has 0 bridgehead atoms. The van der Waals surface area contributed by atoms with E-state index in [0.717, 1.165) is 22.7 Å². The SMILES string of the molecule is c1ccc(N(c2ccc(-c3cccc4c3sc3ccccc34)cc2)c2ccc(-n3c4ccccc4c4cc5c(cc43)c3ccccc3n5-c3ccccc3)cc2)cc1. The number of hydrogen-bond acceptors (Lipinski definition) is 2. The lowest BCUT2D eigenvalue weighted by molar-refractivity contribution is 1.17. The zero-order valence-electron chi connectivity index (χ0n) is 31.5. The monoisotopic (exact) mass is 757 g/mol. The van der Waals surface area contributed by atoms with Crippen molar-refractivity contribution in [3.63, 3.8) is 0 Å². The number of aromatic nitrogens is 2. The highest BCUT2D eigenvalue weighted by atomic mass is 32.1. The summed E-state index contributed by atoms with van der Waals surface area (Å²) in [5, 5.41) is 7.62.